The predicted octanol–water partition coefficient (Wildman–Crippen LogP) is 2.34. The van der Waals surface area contributed by atoms with E-state index in [9.17, 15) is 18.4 Å². The molecule has 1 amide bonds. The van der Waals surface area contributed by atoms with Crippen LogP contribution >= 0.6 is 0 Å². The minimum absolute atomic E-state index is 0.225. The highest BCUT2D eigenvalue weighted by Gasteiger charge is 2.41. The van der Waals surface area contributed by atoms with Crippen molar-refractivity contribution < 1.29 is 27.8 Å². The summed E-state index contributed by atoms with van der Waals surface area (Å²) in [5.74, 6) is -2.89. The van der Waals surface area contributed by atoms with E-state index in [2.05, 4.69) is 5.32 Å². The number of benzene rings is 1. The molecular formula is C16H19F2NO4. The number of esters is 1. The van der Waals surface area contributed by atoms with Gasteiger partial charge in [0.1, 0.15) is 11.4 Å². The summed E-state index contributed by atoms with van der Waals surface area (Å²) in [7, 11) is 1.27. The van der Waals surface area contributed by atoms with Crippen LogP contribution in [0.15, 0.2) is 18.2 Å². The molecule has 1 fully saturated rings. The van der Waals surface area contributed by atoms with Gasteiger partial charge in [-0.25, -0.2) is 13.6 Å². The van der Waals surface area contributed by atoms with Gasteiger partial charge in [-0.05, 0) is 25.0 Å². The van der Waals surface area contributed by atoms with Crippen LogP contribution in [0.4, 0.5) is 8.78 Å². The van der Waals surface area contributed by atoms with Crippen LogP contribution < -0.4 is 10.1 Å². The first kappa shape index (κ1) is 17.2. The van der Waals surface area contributed by atoms with Gasteiger partial charge in [0.05, 0.1) is 7.11 Å². The number of carbonyl (C=O) groups excluding carboxylic acids is 2. The number of amides is 1. The number of rotatable bonds is 5. The molecule has 0 aliphatic heterocycles. The standard InChI is InChI=1S/C16H19F2NO4/c1-22-15(21)16(7-3-2-4-8-16)19-14(20)10-23-13-6-5-11(17)9-12(13)18/h5-6,9H,2-4,7-8,10H2,1H3,(H,19,20). The molecule has 0 radical (unpaired) electrons. The average molecular weight is 327 g/mol. The second-order valence-electron chi connectivity index (χ2n) is 5.55. The SMILES string of the molecule is COC(=O)C1(NC(=O)COc2ccc(F)cc2F)CCCCC1. The Kier molecular flexibility index (Phi) is 5.52. The second kappa shape index (κ2) is 7.39. The van der Waals surface area contributed by atoms with E-state index >= 15 is 0 Å². The first-order chi connectivity index (χ1) is 11.0. The first-order valence-electron chi connectivity index (χ1n) is 7.44. The van der Waals surface area contributed by atoms with Crippen molar-refractivity contribution in [3.63, 3.8) is 0 Å². The van der Waals surface area contributed by atoms with E-state index < -0.39 is 35.7 Å². The number of nitrogens with one attached hydrogen (secondary N) is 1. The third-order valence-electron chi connectivity index (χ3n) is 3.91. The number of hydrogen-bond acceptors (Lipinski definition) is 4. The fourth-order valence-electron chi connectivity index (χ4n) is 2.77. The molecule has 0 spiro atoms. The summed E-state index contributed by atoms with van der Waals surface area (Å²) in [5, 5.41) is 2.65. The Bertz CT molecular complexity index is 585. The maximum absolute atomic E-state index is 13.4. The topological polar surface area (TPSA) is 64.6 Å². The zero-order chi connectivity index (χ0) is 16.9. The highest BCUT2D eigenvalue weighted by atomic mass is 19.1. The van der Waals surface area contributed by atoms with Crippen molar-refractivity contribution in [2.75, 3.05) is 13.7 Å². The highest BCUT2D eigenvalue weighted by molar-refractivity contribution is 5.88. The number of methoxy groups -OCH3 is 1. The molecule has 5 nitrogen and oxygen atoms in total. The van der Waals surface area contributed by atoms with Gasteiger partial charge >= 0.3 is 5.97 Å². The normalized spacial score (nSPS) is 16.5. The Balaban J connectivity index is 1.98. The zero-order valence-corrected chi connectivity index (χ0v) is 12.9. The molecule has 23 heavy (non-hydrogen) atoms. The van der Waals surface area contributed by atoms with Crippen LogP contribution in [-0.2, 0) is 14.3 Å². The molecule has 0 bridgehead atoms. The van der Waals surface area contributed by atoms with Crippen molar-refractivity contribution in [1.82, 2.24) is 5.32 Å². The number of hydrogen-bond donors (Lipinski definition) is 1. The zero-order valence-electron chi connectivity index (χ0n) is 12.9. The molecule has 0 saturated heterocycles. The van der Waals surface area contributed by atoms with Gasteiger partial charge in [-0.2, -0.15) is 0 Å². The smallest absolute Gasteiger partial charge is 0.331 e. The molecule has 126 valence electrons. The van der Waals surface area contributed by atoms with Gasteiger partial charge in [0, 0.05) is 6.07 Å². The molecule has 0 atom stereocenters. The lowest BCUT2D eigenvalue weighted by molar-refractivity contribution is -0.152. The van der Waals surface area contributed by atoms with Crippen LogP contribution in [0.1, 0.15) is 32.1 Å². The van der Waals surface area contributed by atoms with Crippen molar-refractivity contribution in [2.45, 2.75) is 37.6 Å². The summed E-state index contributed by atoms with van der Waals surface area (Å²) in [5.41, 5.74) is -1.05. The Morgan fingerprint density at radius 1 is 1.22 bits per heavy atom. The lowest BCUT2D eigenvalue weighted by atomic mass is 9.81. The Morgan fingerprint density at radius 3 is 2.52 bits per heavy atom. The third-order valence-corrected chi connectivity index (χ3v) is 3.91. The first-order valence-corrected chi connectivity index (χ1v) is 7.44. The molecular weight excluding hydrogens is 308 g/mol. The van der Waals surface area contributed by atoms with Crippen LogP contribution in [-0.4, -0.2) is 31.1 Å². The Hall–Kier alpha value is -2.18. The van der Waals surface area contributed by atoms with Gasteiger partial charge in [-0.1, -0.05) is 19.3 Å². The molecule has 7 heteroatoms. The van der Waals surface area contributed by atoms with Crippen LogP contribution in [0, 0.1) is 11.6 Å². The third kappa shape index (κ3) is 4.18. The summed E-state index contributed by atoms with van der Waals surface area (Å²) in [6.07, 6.45) is 3.60. The molecule has 1 aliphatic carbocycles. The number of carbonyl (C=O) groups is 2. The summed E-state index contributed by atoms with van der Waals surface area (Å²) in [6, 6.07) is 2.81. The monoisotopic (exact) mass is 327 g/mol. The van der Waals surface area contributed by atoms with Gasteiger partial charge < -0.3 is 14.8 Å². The average Bonchev–Trinajstić information content (AvgIpc) is 2.54. The molecule has 1 aromatic rings. The lowest BCUT2D eigenvalue weighted by Gasteiger charge is -2.35. The van der Waals surface area contributed by atoms with Crippen molar-refractivity contribution in [3.8, 4) is 5.75 Å². The van der Waals surface area contributed by atoms with E-state index in [1.807, 2.05) is 0 Å². The summed E-state index contributed by atoms with van der Waals surface area (Å²) < 4.78 is 36.1. The molecule has 1 N–H and O–H groups in total. The van der Waals surface area contributed by atoms with Gasteiger partial charge in [-0.3, -0.25) is 4.79 Å². The molecule has 0 aromatic heterocycles. The minimum atomic E-state index is -1.05. The van der Waals surface area contributed by atoms with Crippen molar-refractivity contribution in [3.05, 3.63) is 29.8 Å². The summed E-state index contributed by atoms with van der Waals surface area (Å²) in [6.45, 7) is -0.471. The molecule has 0 heterocycles. The fraction of sp³-hybridized carbons (Fsp3) is 0.500. The van der Waals surface area contributed by atoms with Crippen molar-refractivity contribution in [1.29, 1.82) is 0 Å². The molecule has 1 aromatic carbocycles. The van der Waals surface area contributed by atoms with Crippen LogP contribution in [0.3, 0.4) is 0 Å². The quantitative estimate of drug-likeness (QED) is 0.843. The second-order valence-corrected chi connectivity index (χ2v) is 5.55. The molecule has 2 rings (SSSR count). The highest BCUT2D eigenvalue weighted by Crippen LogP contribution is 2.29. The maximum atomic E-state index is 13.4. The molecule has 1 saturated carbocycles. The van der Waals surface area contributed by atoms with E-state index in [4.69, 9.17) is 9.47 Å². The van der Waals surface area contributed by atoms with Crippen LogP contribution in [0.25, 0.3) is 0 Å². The van der Waals surface area contributed by atoms with E-state index in [0.717, 1.165) is 31.4 Å². The van der Waals surface area contributed by atoms with E-state index in [-0.39, 0.29) is 5.75 Å². The van der Waals surface area contributed by atoms with Crippen LogP contribution in [0.2, 0.25) is 0 Å². The molecule has 1 aliphatic rings. The Morgan fingerprint density at radius 2 is 1.91 bits per heavy atom. The lowest BCUT2D eigenvalue weighted by Crippen LogP contribution is -2.57. The van der Waals surface area contributed by atoms with E-state index in [1.165, 1.54) is 7.11 Å². The van der Waals surface area contributed by atoms with Crippen molar-refractivity contribution >= 4 is 11.9 Å². The van der Waals surface area contributed by atoms with Gasteiger partial charge in [-0.15, -0.1) is 0 Å². The number of halogens is 2. The van der Waals surface area contributed by atoms with Gasteiger partial charge in [0.15, 0.2) is 18.2 Å². The molecule has 0 unspecified atom stereocenters. The minimum Gasteiger partial charge on any atom is -0.481 e. The van der Waals surface area contributed by atoms with Gasteiger partial charge in [0.25, 0.3) is 5.91 Å². The predicted molar refractivity (Wildman–Crippen MR) is 77.8 cm³/mol. The summed E-state index contributed by atoms with van der Waals surface area (Å²) in [4.78, 5) is 24.1. The largest absolute Gasteiger partial charge is 0.481 e. The summed E-state index contributed by atoms with van der Waals surface area (Å²) >= 11 is 0. The van der Waals surface area contributed by atoms with Gasteiger partial charge in [0.2, 0.25) is 0 Å². The van der Waals surface area contributed by atoms with E-state index in [0.29, 0.717) is 18.9 Å². The fourth-order valence-corrected chi connectivity index (χ4v) is 2.77. The van der Waals surface area contributed by atoms with Crippen molar-refractivity contribution in [2.24, 2.45) is 0 Å². The van der Waals surface area contributed by atoms with E-state index in [1.54, 1.807) is 0 Å². The maximum Gasteiger partial charge on any atom is 0.331 e. The number of ether oxygens (including phenoxy) is 2. The van der Waals surface area contributed by atoms with Crippen LogP contribution in [0.5, 0.6) is 5.75 Å². The Labute approximate surface area is 133 Å².